The zero-order valence-electron chi connectivity index (χ0n) is 8.09. The van der Waals surface area contributed by atoms with Crippen molar-refractivity contribution in [2.75, 3.05) is 32.7 Å². The number of amides is 1. The Morgan fingerprint density at radius 1 is 1.38 bits per heavy atom. The summed E-state index contributed by atoms with van der Waals surface area (Å²) in [6.07, 6.45) is 2.48. The molecule has 1 fully saturated rings. The minimum Gasteiger partial charge on any atom is -0.341 e. The molecule has 0 atom stereocenters. The Kier molecular flexibility index (Phi) is 4.78. The third-order valence-electron chi connectivity index (χ3n) is 2.29. The molecule has 1 heterocycles. The Labute approximate surface area is 79.5 Å². The minimum atomic E-state index is 0.258. The molecule has 0 radical (unpaired) electrons. The van der Waals surface area contributed by atoms with Gasteiger partial charge in [0.1, 0.15) is 0 Å². The lowest BCUT2D eigenvalue weighted by atomic mass is 10.2. The summed E-state index contributed by atoms with van der Waals surface area (Å²) in [6.45, 7) is 4.31. The standard InChI is InChI=1S/C9H19N3O/c10-4-1-3-9(13)12-7-2-5-11-6-8-12/h11H,1-8,10H2. The maximum atomic E-state index is 11.6. The summed E-state index contributed by atoms with van der Waals surface area (Å²) in [7, 11) is 0. The summed E-state index contributed by atoms with van der Waals surface area (Å²) in [6, 6.07) is 0. The first kappa shape index (κ1) is 10.5. The van der Waals surface area contributed by atoms with E-state index in [0.29, 0.717) is 13.0 Å². The predicted molar refractivity (Wildman–Crippen MR) is 52.4 cm³/mol. The van der Waals surface area contributed by atoms with Gasteiger partial charge in [-0.1, -0.05) is 0 Å². The summed E-state index contributed by atoms with van der Waals surface area (Å²) in [5.74, 6) is 0.258. The summed E-state index contributed by atoms with van der Waals surface area (Å²) in [5, 5.41) is 3.27. The Morgan fingerprint density at radius 3 is 3.00 bits per heavy atom. The predicted octanol–water partition coefficient (Wildman–Crippen LogP) is -0.453. The second kappa shape index (κ2) is 5.94. The molecular formula is C9H19N3O. The van der Waals surface area contributed by atoms with E-state index in [2.05, 4.69) is 5.32 Å². The van der Waals surface area contributed by atoms with Crippen LogP contribution in [-0.4, -0.2) is 43.5 Å². The van der Waals surface area contributed by atoms with Crippen molar-refractivity contribution in [3.8, 4) is 0 Å². The third kappa shape index (κ3) is 3.74. The molecule has 13 heavy (non-hydrogen) atoms. The molecule has 0 bridgehead atoms. The first-order valence-corrected chi connectivity index (χ1v) is 5.03. The Bertz CT molecular complexity index is 153. The maximum absolute atomic E-state index is 11.6. The molecular weight excluding hydrogens is 166 g/mol. The summed E-state index contributed by atoms with van der Waals surface area (Å²) < 4.78 is 0. The first-order chi connectivity index (χ1) is 6.34. The molecule has 4 nitrogen and oxygen atoms in total. The molecule has 1 aliphatic rings. The largest absolute Gasteiger partial charge is 0.341 e. The van der Waals surface area contributed by atoms with E-state index in [4.69, 9.17) is 5.73 Å². The average molecular weight is 185 g/mol. The number of rotatable bonds is 3. The SMILES string of the molecule is NCCCC(=O)N1CCCNCC1. The van der Waals surface area contributed by atoms with Gasteiger partial charge >= 0.3 is 0 Å². The van der Waals surface area contributed by atoms with E-state index in [0.717, 1.165) is 39.0 Å². The van der Waals surface area contributed by atoms with E-state index in [-0.39, 0.29) is 5.91 Å². The number of nitrogens with zero attached hydrogens (tertiary/aromatic N) is 1. The molecule has 1 aliphatic heterocycles. The van der Waals surface area contributed by atoms with Crippen LogP contribution in [0.15, 0.2) is 0 Å². The lowest BCUT2D eigenvalue weighted by Crippen LogP contribution is -2.34. The van der Waals surface area contributed by atoms with Gasteiger partial charge in [0.05, 0.1) is 0 Å². The van der Waals surface area contributed by atoms with Gasteiger partial charge in [-0.25, -0.2) is 0 Å². The molecule has 1 saturated heterocycles. The normalized spacial score (nSPS) is 18.4. The maximum Gasteiger partial charge on any atom is 0.222 e. The van der Waals surface area contributed by atoms with E-state index in [1.165, 1.54) is 0 Å². The fraction of sp³-hybridized carbons (Fsp3) is 0.889. The number of nitrogens with one attached hydrogen (secondary N) is 1. The van der Waals surface area contributed by atoms with Crippen molar-refractivity contribution in [3.05, 3.63) is 0 Å². The van der Waals surface area contributed by atoms with E-state index in [1.807, 2.05) is 4.90 Å². The first-order valence-electron chi connectivity index (χ1n) is 5.03. The van der Waals surface area contributed by atoms with Gasteiger partial charge < -0.3 is 16.0 Å². The fourth-order valence-corrected chi connectivity index (χ4v) is 1.51. The molecule has 3 N–H and O–H groups in total. The van der Waals surface area contributed by atoms with Crippen LogP contribution in [-0.2, 0) is 4.79 Å². The monoisotopic (exact) mass is 185 g/mol. The van der Waals surface area contributed by atoms with Gasteiger partial charge in [-0.15, -0.1) is 0 Å². The van der Waals surface area contributed by atoms with Crippen LogP contribution in [0.5, 0.6) is 0 Å². The lowest BCUT2D eigenvalue weighted by Gasteiger charge is -2.19. The van der Waals surface area contributed by atoms with E-state index >= 15 is 0 Å². The molecule has 0 aromatic carbocycles. The Morgan fingerprint density at radius 2 is 2.23 bits per heavy atom. The number of hydrogen-bond donors (Lipinski definition) is 2. The average Bonchev–Trinajstić information content (AvgIpc) is 2.42. The van der Waals surface area contributed by atoms with Gasteiger partial charge in [-0.2, -0.15) is 0 Å². The molecule has 0 saturated carbocycles. The van der Waals surface area contributed by atoms with Crippen molar-refractivity contribution in [1.29, 1.82) is 0 Å². The molecule has 0 aromatic heterocycles. The van der Waals surface area contributed by atoms with Crippen molar-refractivity contribution in [3.63, 3.8) is 0 Å². The van der Waals surface area contributed by atoms with Crippen molar-refractivity contribution in [2.24, 2.45) is 5.73 Å². The van der Waals surface area contributed by atoms with Crippen molar-refractivity contribution in [2.45, 2.75) is 19.3 Å². The van der Waals surface area contributed by atoms with E-state index in [1.54, 1.807) is 0 Å². The summed E-state index contributed by atoms with van der Waals surface area (Å²) in [4.78, 5) is 13.5. The van der Waals surface area contributed by atoms with Crippen LogP contribution < -0.4 is 11.1 Å². The molecule has 76 valence electrons. The molecule has 1 rings (SSSR count). The Hall–Kier alpha value is -0.610. The van der Waals surface area contributed by atoms with Gasteiger partial charge in [0.15, 0.2) is 0 Å². The summed E-state index contributed by atoms with van der Waals surface area (Å²) >= 11 is 0. The number of hydrogen-bond acceptors (Lipinski definition) is 3. The van der Waals surface area contributed by atoms with E-state index in [9.17, 15) is 4.79 Å². The second-order valence-electron chi connectivity index (χ2n) is 3.38. The van der Waals surface area contributed by atoms with Crippen molar-refractivity contribution >= 4 is 5.91 Å². The van der Waals surface area contributed by atoms with Crippen LogP contribution in [0.3, 0.4) is 0 Å². The Balaban J connectivity index is 2.26. The number of carbonyl (C=O) groups is 1. The molecule has 0 spiro atoms. The highest BCUT2D eigenvalue weighted by molar-refractivity contribution is 5.76. The fourth-order valence-electron chi connectivity index (χ4n) is 1.51. The third-order valence-corrected chi connectivity index (χ3v) is 2.29. The van der Waals surface area contributed by atoms with Crippen LogP contribution in [0, 0.1) is 0 Å². The molecule has 1 amide bonds. The van der Waals surface area contributed by atoms with Crippen LogP contribution in [0.25, 0.3) is 0 Å². The zero-order valence-corrected chi connectivity index (χ0v) is 8.09. The van der Waals surface area contributed by atoms with Gasteiger partial charge in [-0.05, 0) is 25.9 Å². The van der Waals surface area contributed by atoms with Gasteiger partial charge in [0.2, 0.25) is 5.91 Å². The highest BCUT2D eigenvalue weighted by atomic mass is 16.2. The topological polar surface area (TPSA) is 58.4 Å². The molecule has 0 aliphatic carbocycles. The molecule has 0 aromatic rings. The minimum absolute atomic E-state index is 0.258. The zero-order chi connectivity index (χ0) is 9.52. The highest BCUT2D eigenvalue weighted by Crippen LogP contribution is 2.00. The number of carbonyl (C=O) groups excluding carboxylic acids is 1. The van der Waals surface area contributed by atoms with Crippen molar-refractivity contribution in [1.82, 2.24) is 10.2 Å². The summed E-state index contributed by atoms with van der Waals surface area (Å²) in [5.41, 5.74) is 5.35. The second-order valence-corrected chi connectivity index (χ2v) is 3.38. The quantitative estimate of drug-likeness (QED) is 0.626. The van der Waals surface area contributed by atoms with Gasteiger partial charge in [0, 0.05) is 26.1 Å². The lowest BCUT2D eigenvalue weighted by molar-refractivity contribution is -0.131. The smallest absolute Gasteiger partial charge is 0.222 e. The van der Waals surface area contributed by atoms with Gasteiger partial charge in [0.25, 0.3) is 0 Å². The number of nitrogens with two attached hydrogens (primary N) is 1. The molecule has 4 heteroatoms. The highest BCUT2D eigenvalue weighted by Gasteiger charge is 2.13. The molecule has 0 unspecified atom stereocenters. The van der Waals surface area contributed by atoms with Gasteiger partial charge in [-0.3, -0.25) is 4.79 Å². The van der Waals surface area contributed by atoms with Crippen LogP contribution >= 0.6 is 0 Å². The van der Waals surface area contributed by atoms with Crippen molar-refractivity contribution < 1.29 is 4.79 Å². The van der Waals surface area contributed by atoms with Crippen LogP contribution in [0.1, 0.15) is 19.3 Å². The van der Waals surface area contributed by atoms with Crippen LogP contribution in [0.2, 0.25) is 0 Å². The van der Waals surface area contributed by atoms with E-state index < -0.39 is 0 Å². The van der Waals surface area contributed by atoms with Crippen LogP contribution in [0.4, 0.5) is 0 Å².